The van der Waals surface area contributed by atoms with Gasteiger partial charge in [0.15, 0.2) is 5.82 Å². The molecule has 1 fully saturated rings. The van der Waals surface area contributed by atoms with Crippen molar-refractivity contribution in [3.63, 3.8) is 0 Å². The summed E-state index contributed by atoms with van der Waals surface area (Å²) in [6, 6.07) is 0. The van der Waals surface area contributed by atoms with Gasteiger partial charge >= 0.3 is 0 Å². The first-order valence-electron chi connectivity index (χ1n) is 6.28. The highest BCUT2D eigenvalue weighted by atomic mass is 16.5. The van der Waals surface area contributed by atoms with E-state index in [1.807, 2.05) is 14.0 Å². The normalized spacial score (nSPS) is 19.9. The Balaban J connectivity index is 2.05. The molecule has 0 aliphatic heterocycles. The van der Waals surface area contributed by atoms with Crippen molar-refractivity contribution >= 4 is 0 Å². The van der Waals surface area contributed by atoms with Crippen molar-refractivity contribution < 1.29 is 4.52 Å². The molecule has 0 atom stereocenters. The summed E-state index contributed by atoms with van der Waals surface area (Å²) in [4.78, 5) is 4.40. The molecule has 4 heteroatoms. The molecule has 1 aromatic rings. The van der Waals surface area contributed by atoms with Crippen LogP contribution in [0.3, 0.4) is 0 Å². The lowest BCUT2D eigenvalue weighted by molar-refractivity contribution is 0.221. The molecule has 0 spiro atoms. The molecule has 1 aliphatic carbocycles. The number of likely N-dealkylation sites (N-methyl/N-ethyl adjacent to an activating group) is 1. The molecular weight excluding hydrogens is 202 g/mol. The highest BCUT2D eigenvalue weighted by Gasteiger charge is 2.32. The minimum absolute atomic E-state index is 0.190. The van der Waals surface area contributed by atoms with Crippen LogP contribution in [0, 0.1) is 0 Å². The van der Waals surface area contributed by atoms with E-state index in [0.717, 1.165) is 24.6 Å². The monoisotopic (exact) mass is 223 g/mol. The Morgan fingerprint density at radius 3 is 2.62 bits per heavy atom. The summed E-state index contributed by atoms with van der Waals surface area (Å²) < 4.78 is 5.28. The van der Waals surface area contributed by atoms with Crippen molar-refractivity contribution in [2.45, 2.75) is 57.4 Å². The maximum atomic E-state index is 5.28. The van der Waals surface area contributed by atoms with E-state index in [2.05, 4.69) is 15.5 Å². The van der Waals surface area contributed by atoms with Gasteiger partial charge in [0.1, 0.15) is 0 Å². The first kappa shape index (κ1) is 11.6. The van der Waals surface area contributed by atoms with E-state index in [-0.39, 0.29) is 5.54 Å². The summed E-state index contributed by atoms with van der Waals surface area (Å²) in [6.07, 6.45) is 8.10. The quantitative estimate of drug-likeness (QED) is 0.849. The van der Waals surface area contributed by atoms with Crippen LogP contribution in [0.2, 0.25) is 0 Å². The Kier molecular flexibility index (Phi) is 3.59. The van der Waals surface area contributed by atoms with Gasteiger partial charge in [0.05, 0.1) is 0 Å². The number of nitrogens with zero attached hydrogens (tertiary/aromatic N) is 2. The molecule has 0 radical (unpaired) electrons. The molecule has 1 heterocycles. The molecule has 0 unspecified atom stereocenters. The number of aromatic nitrogens is 2. The third kappa shape index (κ3) is 2.43. The van der Waals surface area contributed by atoms with Crippen LogP contribution in [-0.4, -0.2) is 22.7 Å². The SMILES string of the molecule is CCc1noc(CC2(NC)CCCCC2)n1. The van der Waals surface area contributed by atoms with Crippen LogP contribution < -0.4 is 5.32 Å². The summed E-state index contributed by atoms with van der Waals surface area (Å²) in [5, 5.41) is 7.42. The van der Waals surface area contributed by atoms with E-state index >= 15 is 0 Å². The van der Waals surface area contributed by atoms with Gasteiger partial charge < -0.3 is 9.84 Å². The molecule has 2 rings (SSSR count). The lowest BCUT2D eigenvalue weighted by atomic mass is 9.79. The van der Waals surface area contributed by atoms with Gasteiger partial charge in [-0.1, -0.05) is 31.3 Å². The second kappa shape index (κ2) is 4.95. The van der Waals surface area contributed by atoms with Crippen LogP contribution in [-0.2, 0) is 12.8 Å². The van der Waals surface area contributed by atoms with Gasteiger partial charge in [0, 0.05) is 18.4 Å². The number of nitrogens with one attached hydrogen (secondary N) is 1. The molecule has 0 aromatic carbocycles. The largest absolute Gasteiger partial charge is 0.339 e. The predicted molar refractivity (Wildman–Crippen MR) is 62.3 cm³/mol. The zero-order valence-electron chi connectivity index (χ0n) is 10.3. The fraction of sp³-hybridized carbons (Fsp3) is 0.833. The third-order valence-electron chi connectivity index (χ3n) is 3.66. The third-order valence-corrected chi connectivity index (χ3v) is 3.66. The molecule has 4 nitrogen and oxygen atoms in total. The van der Waals surface area contributed by atoms with Crippen molar-refractivity contribution in [1.82, 2.24) is 15.5 Å². The van der Waals surface area contributed by atoms with Gasteiger partial charge in [0.25, 0.3) is 0 Å². The lowest BCUT2D eigenvalue weighted by Gasteiger charge is -2.36. The predicted octanol–water partition coefficient (Wildman–Crippen LogP) is 2.10. The van der Waals surface area contributed by atoms with Crippen LogP contribution in [0.1, 0.15) is 50.7 Å². The average Bonchev–Trinajstić information content (AvgIpc) is 2.78. The van der Waals surface area contributed by atoms with Crippen molar-refractivity contribution in [2.24, 2.45) is 0 Å². The Hall–Kier alpha value is -0.900. The van der Waals surface area contributed by atoms with Gasteiger partial charge in [-0.2, -0.15) is 4.98 Å². The Morgan fingerprint density at radius 2 is 2.06 bits per heavy atom. The molecule has 1 aromatic heterocycles. The van der Waals surface area contributed by atoms with Gasteiger partial charge in [0.2, 0.25) is 5.89 Å². The second-order valence-corrected chi connectivity index (χ2v) is 4.73. The van der Waals surface area contributed by atoms with Gasteiger partial charge in [-0.3, -0.25) is 0 Å². The number of rotatable bonds is 4. The van der Waals surface area contributed by atoms with E-state index in [1.165, 1.54) is 32.1 Å². The van der Waals surface area contributed by atoms with Crippen molar-refractivity contribution in [2.75, 3.05) is 7.05 Å². The molecule has 1 saturated carbocycles. The van der Waals surface area contributed by atoms with Crippen molar-refractivity contribution in [1.29, 1.82) is 0 Å². The van der Waals surface area contributed by atoms with Crippen molar-refractivity contribution in [3.05, 3.63) is 11.7 Å². The van der Waals surface area contributed by atoms with Gasteiger partial charge in [-0.25, -0.2) is 0 Å². The van der Waals surface area contributed by atoms with Gasteiger partial charge in [-0.15, -0.1) is 0 Å². The molecular formula is C12H21N3O. The highest BCUT2D eigenvalue weighted by molar-refractivity contribution is 4.98. The molecule has 0 saturated heterocycles. The molecule has 16 heavy (non-hydrogen) atoms. The first-order chi connectivity index (χ1) is 7.78. The van der Waals surface area contributed by atoms with E-state index in [0.29, 0.717) is 0 Å². The van der Waals surface area contributed by atoms with E-state index in [1.54, 1.807) is 0 Å². The summed E-state index contributed by atoms with van der Waals surface area (Å²) >= 11 is 0. The maximum absolute atomic E-state index is 5.28. The topological polar surface area (TPSA) is 51.0 Å². The van der Waals surface area contributed by atoms with Crippen LogP contribution in [0.15, 0.2) is 4.52 Å². The summed E-state index contributed by atoms with van der Waals surface area (Å²) in [5.74, 6) is 1.60. The number of aryl methyl sites for hydroxylation is 1. The zero-order valence-corrected chi connectivity index (χ0v) is 10.3. The second-order valence-electron chi connectivity index (χ2n) is 4.73. The molecule has 1 N–H and O–H groups in total. The number of hydrogen-bond donors (Lipinski definition) is 1. The Labute approximate surface area is 96.8 Å². The minimum Gasteiger partial charge on any atom is -0.339 e. The number of hydrogen-bond acceptors (Lipinski definition) is 4. The van der Waals surface area contributed by atoms with Crippen LogP contribution in [0.4, 0.5) is 0 Å². The summed E-state index contributed by atoms with van der Waals surface area (Å²) in [5.41, 5.74) is 0.190. The molecule has 90 valence electrons. The fourth-order valence-corrected chi connectivity index (χ4v) is 2.54. The van der Waals surface area contributed by atoms with Crippen LogP contribution >= 0.6 is 0 Å². The maximum Gasteiger partial charge on any atom is 0.228 e. The average molecular weight is 223 g/mol. The van der Waals surface area contributed by atoms with Crippen LogP contribution in [0.25, 0.3) is 0 Å². The smallest absolute Gasteiger partial charge is 0.228 e. The molecule has 0 amide bonds. The van der Waals surface area contributed by atoms with Crippen molar-refractivity contribution in [3.8, 4) is 0 Å². The standard InChI is InChI=1S/C12H21N3O/c1-3-10-14-11(16-15-10)9-12(13-2)7-5-4-6-8-12/h13H,3-9H2,1-2H3. The minimum atomic E-state index is 0.190. The van der Waals surface area contributed by atoms with E-state index < -0.39 is 0 Å². The first-order valence-corrected chi connectivity index (χ1v) is 6.28. The summed E-state index contributed by atoms with van der Waals surface area (Å²) in [7, 11) is 2.04. The highest BCUT2D eigenvalue weighted by Crippen LogP contribution is 2.30. The lowest BCUT2D eigenvalue weighted by Crippen LogP contribution is -2.46. The summed E-state index contributed by atoms with van der Waals surface area (Å²) in [6.45, 7) is 2.04. The van der Waals surface area contributed by atoms with E-state index in [4.69, 9.17) is 4.52 Å². The van der Waals surface area contributed by atoms with Gasteiger partial charge in [-0.05, 0) is 19.9 Å². The fourth-order valence-electron chi connectivity index (χ4n) is 2.54. The van der Waals surface area contributed by atoms with E-state index in [9.17, 15) is 0 Å². The molecule has 1 aliphatic rings. The Bertz CT molecular complexity index is 329. The molecule has 0 bridgehead atoms. The van der Waals surface area contributed by atoms with Crippen LogP contribution in [0.5, 0.6) is 0 Å². The Morgan fingerprint density at radius 1 is 1.31 bits per heavy atom. The zero-order chi connectivity index (χ0) is 11.4.